The number of amides is 1. The van der Waals surface area contributed by atoms with E-state index >= 15 is 0 Å². The van der Waals surface area contributed by atoms with Gasteiger partial charge >= 0.3 is 0 Å². The molecular formula is C16H15Cl2NO3. The predicted octanol–water partition coefficient (Wildman–Crippen LogP) is 3.94. The molecular weight excluding hydrogens is 325 g/mol. The van der Waals surface area contributed by atoms with Crippen molar-refractivity contribution in [3.05, 3.63) is 57.6 Å². The summed E-state index contributed by atoms with van der Waals surface area (Å²) < 4.78 is 11.0. The minimum atomic E-state index is -0.189. The van der Waals surface area contributed by atoms with Crippen LogP contribution in [-0.4, -0.2) is 20.1 Å². The van der Waals surface area contributed by atoms with Crippen LogP contribution in [-0.2, 0) is 6.61 Å². The van der Waals surface area contributed by atoms with Crippen molar-refractivity contribution >= 4 is 29.1 Å². The van der Waals surface area contributed by atoms with Crippen LogP contribution in [0, 0.1) is 0 Å². The topological polar surface area (TPSA) is 47.6 Å². The van der Waals surface area contributed by atoms with E-state index in [1.807, 2.05) is 0 Å². The van der Waals surface area contributed by atoms with Crippen LogP contribution in [0.1, 0.15) is 15.9 Å². The summed E-state index contributed by atoms with van der Waals surface area (Å²) in [6.45, 7) is 0.270. The summed E-state index contributed by atoms with van der Waals surface area (Å²) in [4.78, 5) is 11.6. The van der Waals surface area contributed by atoms with E-state index in [9.17, 15) is 4.79 Å². The van der Waals surface area contributed by atoms with Gasteiger partial charge in [0, 0.05) is 28.2 Å². The number of hydrogen-bond acceptors (Lipinski definition) is 3. The predicted molar refractivity (Wildman–Crippen MR) is 87.2 cm³/mol. The first-order valence-electron chi connectivity index (χ1n) is 6.52. The monoisotopic (exact) mass is 339 g/mol. The Hall–Kier alpha value is -1.91. The summed E-state index contributed by atoms with van der Waals surface area (Å²) in [5.74, 6) is 0.818. The molecule has 0 aliphatic carbocycles. The molecule has 0 atom stereocenters. The molecule has 0 fully saturated rings. The van der Waals surface area contributed by atoms with Gasteiger partial charge in [-0.15, -0.1) is 0 Å². The number of hydrogen-bond donors (Lipinski definition) is 1. The minimum absolute atomic E-state index is 0.189. The maximum atomic E-state index is 11.6. The van der Waals surface area contributed by atoms with Crippen LogP contribution < -0.4 is 14.8 Å². The number of benzene rings is 2. The van der Waals surface area contributed by atoms with Gasteiger partial charge < -0.3 is 14.8 Å². The van der Waals surface area contributed by atoms with Crippen molar-refractivity contribution in [2.45, 2.75) is 6.61 Å². The van der Waals surface area contributed by atoms with Crippen molar-refractivity contribution in [3.8, 4) is 11.5 Å². The molecule has 4 nitrogen and oxygen atoms in total. The van der Waals surface area contributed by atoms with E-state index in [1.165, 1.54) is 7.11 Å². The molecule has 0 radical (unpaired) electrons. The summed E-state index contributed by atoms with van der Waals surface area (Å²) in [7, 11) is 3.09. The van der Waals surface area contributed by atoms with Crippen LogP contribution in [0.2, 0.25) is 10.0 Å². The van der Waals surface area contributed by atoms with Gasteiger partial charge in [-0.3, -0.25) is 4.79 Å². The van der Waals surface area contributed by atoms with Crippen LogP contribution in [0.3, 0.4) is 0 Å². The zero-order valence-electron chi connectivity index (χ0n) is 12.2. The number of rotatable bonds is 5. The maximum absolute atomic E-state index is 11.6. The molecule has 1 amide bonds. The van der Waals surface area contributed by atoms with E-state index in [4.69, 9.17) is 32.7 Å². The van der Waals surface area contributed by atoms with E-state index < -0.39 is 0 Å². The fourth-order valence-electron chi connectivity index (χ4n) is 1.87. The van der Waals surface area contributed by atoms with Gasteiger partial charge in [0.1, 0.15) is 6.61 Å². The molecule has 6 heteroatoms. The van der Waals surface area contributed by atoms with Crippen LogP contribution in [0.25, 0.3) is 0 Å². The van der Waals surface area contributed by atoms with Gasteiger partial charge in [0.05, 0.1) is 7.11 Å². The molecule has 0 aliphatic rings. The van der Waals surface area contributed by atoms with Crippen molar-refractivity contribution < 1.29 is 14.3 Å². The first-order chi connectivity index (χ1) is 10.5. The van der Waals surface area contributed by atoms with Gasteiger partial charge in [-0.1, -0.05) is 29.3 Å². The molecule has 2 aromatic rings. The number of methoxy groups -OCH3 is 1. The molecule has 2 aromatic carbocycles. The smallest absolute Gasteiger partial charge is 0.251 e. The fourth-order valence-corrected chi connectivity index (χ4v) is 2.33. The number of carbonyl (C=O) groups is 1. The third kappa shape index (κ3) is 3.84. The Kier molecular flexibility index (Phi) is 5.52. The Morgan fingerprint density at radius 3 is 2.55 bits per heavy atom. The third-order valence-corrected chi connectivity index (χ3v) is 3.64. The number of carbonyl (C=O) groups excluding carboxylic acids is 1. The molecule has 0 spiro atoms. The Balaban J connectivity index is 2.17. The quantitative estimate of drug-likeness (QED) is 0.897. The molecule has 2 rings (SSSR count). The van der Waals surface area contributed by atoms with Gasteiger partial charge in [0.15, 0.2) is 11.5 Å². The molecule has 0 saturated heterocycles. The van der Waals surface area contributed by atoms with E-state index in [2.05, 4.69) is 5.32 Å². The van der Waals surface area contributed by atoms with E-state index in [-0.39, 0.29) is 12.5 Å². The Bertz CT molecular complexity index is 689. The Labute approximate surface area is 138 Å². The van der Waals surface area contributed by atoms with Crippen molar-refractivity contribution in [1.82, 2.24) is 5.32 Å². The lowest BCUT2D eigenvalue weighted by atomic mass is 10.2. The van der Waals surface area contributed by atoms with Crippen LogP contribution in [0.15, 0.2) is 36.4 Å². The highest BCUT2D eigenvalue weighted by Crippen LogP contribution is 2.30. The van der Waals surface area contributed by atoms with Crippen LogP contribution >= 0.6 is 23.2 Å². The van der Waals surface area contributed by atoms with Crippen LogP contribution in [0.5, 0.6) is 11.5 Å². The van der Waals surface area contributed by atoms with Crippen molar-refractivity contribution in [2.24, 2.45) is 0 Å². The van der Waals surface area contributed by atoms with Crippen LogP contribution in [0.4, 0.5) is 0 Å². The van der Waals surface area contributed by atoms with Crippen molar-refractivity contribution in [1.29, 1.82) is 0 Å². The summed E-state index contributed by atoms with van der Waals surface area (Å²) in [6.07, 6.45) is 0. The second-order valence-electron chi connectivity index (χ2n) is 4.47. The zero-order chi connectivity index (χ0) is 16.1. The Morgan fingerprint density at radius 1 is 1.14 bits per heavy atom. The molecule has 0 aromatic heterocycles. The number of halogens is 2. The van der Waals surface area contributed by atoms with Gasteiger partial charge in [0.2, 0.25) is 0 Å². The number of ether oxygens (including phenoxy) is 2. The number of nitrogens with one attached hydrogen (secondary N) is 1. The molecule has 1 N–H and O–H groups in total. The average molecular weight is 340 g/mol. The first kappa shape index (κ1) is 16.5. The largest absolute Gasteiger partial charge is 0.493 e. The summed E-state index contributed by atoms with van der Waals surface area (Å²) in [5, 5.41) is 3.66. The molecule has 0 bridgehead atoms. The fraction of sp³-hybridized carbons (Fsp3) is 0.188. The van der Waals surface area contributed by atoms with Crippen molar-refractivity contribution in [3.63, 3.8) is 0 Å². The zero-order valence-corrected chi connectivity index (χ0v) is 13.7. The Morgan fingerprint density at radius 2 is 1.91 bits per heavy atom. The molecule has 0 saturated carbocycles. The summed E-state index contributed by atoms with van der Waals surface area (Å²) >= 11 is 12.0. The standard InChI is InChI=1S/C16H15Cl2NO3/c1-19-16(20)10-4-6-14(15(7-10)21-2)22-9-11-3-5-12(17)8-13(11)18/h3-8H,9H2,1-2H3,(H,19,20). The van der Waals surface area contributed by atoms with Gasteiger partial charge in [-0.25, -0.2) is 0 Å². The van der Waals surface area contributed by atoms with Crippen molar-refractivity contribution in [2.75, 3.05) is 14.2 Å². The molecule has 116 valence electrons. The second-order valence-corrected chi connectivity index (χ2v) is 5.31. The van der Waals surface area contributed by atoms with Gasteiger partial charge in [0.25, 0.3) is 5.91 Å². The average Bonchev–Trinajstić information content (AvgIpc) is 2.53. The highest BCUT2D eigenvalue weighted by Gasteiger charge is 2.11. The normalized spacial score (nSPS) is 10.2. The molecule has 0 unspecified atom stereocenters. The third-order valence-electron chi connectivity index (χ3n) is 3.05. The van der Waals surface area contributed by atoms with E-state index in [0.29, 0.717) is 27.1 Å². The highest BCUT2D eigenvalue weighted by molar-refractivity contribution is 6.35. The molecule has 22 heavy (non-hydrogen) atoms. The molecule has 0 heterocycles. The lowest BCUT2D eigenvalue weighted by Gasteiger charge is -2.12. The highest BCUT2D eigenvalue weighted by atomic mass is 35.5. The van der Waals surface area contributed by atoms with E-state index in [0.717, 1.165) is 5.56 Å². The molecule has 0 aliphatic heterocycles. The lowest BCUT2D eigenvalue weighted by Crippen LogP contribution is -2.17. The lowest BCUT2D eigenvalue weighted by molar-refractivity contribution is 0.0962. The second kappa shape index (κ2) is 7.38. The summed E-state index contributed by atoms with van der Waals surface area (Å²) in [5.41, 5.74) is 1.31. The van der Waals surface area contributed by atoms with E-state index in [1.54, 1.807) is 43.4 Å². The minimum Gasteiger partial charge on any atom is -0.493 e. The maximum Gasteiger partial charge on any atom is 0.251 e. The van der Waals surface area contributed by atoms with Gasteiger partial charge in [-0.2, -0.15) is 0 Å². The van der Waals surface area contributed by atoms with Gasteiger partial charge in [-0.05, 0) is 30.3 Å². The summed E-state index contributed by atoms with van der Waals surface area (Å²) in [6, 6.07) is 10.2. The SMILES string of the molecule is CNC(=O)c1ccc(OCc2ccc(Cl)cc2Cl)c(OC)c1. The first-order valence-corrected chi connectivity index (χ1v) is 7.27.